The van der Waals surface area contributed by atoms with Gasteiger partial charge in [0, 0.05) is 13.5 Å². The van der Waals surface area contributed by atoms with Gasteiger partial charge in [-0.1, -0.05) is 51.2 Å². The highest BCUT2D eigenvalue weighted by atomic mass is 16.4. The molecule has 0 atom stereocenters. The van der Waals surface area contributed by atoms with Crippen LogP contribution >= 0.6 is 0 Å². The number of rotatable bonds is 10. The van der Waals surface area contributed by atoms with E-state index < -0.39 is 5.97 Å². The number of aliphatic hydroxyl groups is 1. The molecular formula is C15H30O3. The highest BCUT2D eigenvalue weighted by Gasteiger charge is 1.88. The van der Waals surface area contributed by atoms with E-state index in [1.807, 2.05) is 0 Å². The largest absolute Gasteiger partial charge is 0.481 e. The summed E-state index contributed by atoms with van der Waals surface area (Å²) in [6.07, 6.45) is 15.8. The van der Waals surface area contributed by atoms with E-state index in [4.69, 9.17) is 15.0 Å². The van der Waals surface area contributed by atoms with Crippen LogP contribution in [0.3, 0.4) is 0 Å². The van der Waals surface area contributed by atoms with Gasteiger partial charge in [0.1, 0.15) is 0 Å². The fraction of sp³-hybridized carbons (Fsp3) is 0.800. The highest BCUT2D eigenvalue weighted by molar-refractivity contribution is 5.62. The summed E-state index contributed by atoms with van der Waals surface area (Å²) >= 11 is 0. The monoisotopic (exact) mass is 258 g/mol. The van der Waals surface area contributed by atoms with Gasteiger partial charge in [0.15, 0.2) is 0 Å². The standard InChI is InChI=1S/C13H26O.C2H4O2/c1-2-3-4-5-6-7-8-9-10-11-12-13-14;1-2(3)4/h5-6,14H,2-4,7-13H2,1H3;1H3,(H,3,4). The minimum atomic E-state index is -0.833. The fourth-order valence-electron chi connectivity index (χ4n) is 1.46. The zero-order chi connectivity index (χ0) is 14.1. The molecule has 3 heteroatoms. The van der Waals surface area contributed by atoms with E-state index in [1.165, 1.54) is 51.4 Å². The predicted molar refractivity (Wildman–Crippen MR) is 76.8 cm³/mol. The van der Waals surface area contributed by atoms with Crippen molar-refractivity contribution in [1.29, 1.82) is 0 Å². The Kier molecular flexibility index (Phi) is 20.1. The number of unbranched alkanes of at least 4 members (excludes halogenated alkanes) is 7. The van der Waals surface area contributed by atoms with E-state index in [9.17, 15) is 0 Å². The zero-order valence-corrected chi connectivity index (χ0v) is 12.0. The molecule has 0 spiro atoms. The number of carboxylic acids is 1. The molecule has 0 aliphatic heterocycles. The third-order valence-corrected chi connectivity index (χ3v) is 2.42. The van der Waals surface area contributed by atoms with Crippen LogP contribution in [0.5, 0.6) is 0 Å². The van der Waals surface area contributed by atoms with Crippen LogP contribution in [-0.4, -0.2) is 22.8 Å². The number of carbonyl (C=O) groups is 1. The molecule has 0 saturated carbocycles. The molecule has 0 aliphatic carbocycles. The average molecular weight is 258 g/mol. The normalized spacial score (nSPS) is 10.2. The molecule has 0 fully saturated rings. The highest BCUT2D eigenvalue weighted by Crippen LogP contribution is 2.06. The lowest BCUT2D eigenvalue weighted by Crippen LogP contribution is -1.83. The SMILES string of the molecule is CC(=O)O.CCCCC=CCCCCCCCO. The minimum absolute atomic E-state index is 0.358. The molecule has 0 aromatic rings. The summed E-state index contributed by atoms with van der Waals surface area (Å²) in [5, 5.41) is 16.0. The van der Waals surface area contributed by atoms with Crippen molar-refractivity contribution in [3.8, 4) is 0 Å². The van der Waals surface area contributed by atoms with Gasteiger partial charge in [-0.05, 0) is 25.7 Å². The number of carboxylic acid groups (broad SMARTS) is 1. The van der Waals surface area contributed by atoms with Gasteiger partial charge in [-0.15, -0.1) is 0 Å². The number of hydrogen-bond donors (Lipinski definition) is 2. The minimum Gasteiger partial charge on any atom is -0.481 e. The van der Waals surface area contributed by atoms with Gasteiger partial charge in [-0.25, -0.2) is 0 Å². The molecule has 0 amide bonds. The summed E-state index contributed by atoms with van der Waals surface area (Å²) in [5.74, 6) is -0.833. The van der Waals surface area contributed by atoms with Gasteiger partial charge in [-0.3, -0.25) is 4.79 Å². The van der Waals surface area contributed by atoms with E-state index >= 15 is 0 Å². The van der Waals surface area contributed by atoms with E-state index in [-0.39, 0.29) is 0 Å². The number of hydrogen-bond acceptors (Lipinski definition) is 2. The number of allylic oxidation sites excluding steroid dienone is 2. The van der Waals surface area contributed by atoms with Crippen LogP contribution in [0.1, 0.15) is 71.6 Å². The predicted octanol–water partition coefficient (Wildman–Crippen LogP) is 4.16. The molecule has 0 aliphatic rings. The first-order valence-electron chi connectivity index (χ1n) is 7.10. The van der Waals surface area contributed by atoms with Crippen molar-refractivity contribution in [2.24, 2.45) is 0 Å². The second kappa shape index (κ2) is 18.5. The Morgan fingerprint density at radius 2 is 1.39 bits per heavy atom. The molecule has 0 heterocycles. The van der Waals surface area contributed by atoms with Crippen LogP contribution in [0.15, 0.2) is 12.2 Å². The maximum atomic E-state index is 9.00. The van der Waals surface area contributed by atoms with Crippen LogP contribution < -0.4 is 0 Å². The Labute approximate surface area is 112 Å². The van der Waals surface area contributed by atoms with E-state index in [1.54, 1.807) is 0 Å². The van der Waals surface area contributed by atoms with Gasteiger partial charge in [-0.2, -0.15) is 0 Å². The van der Waals surface area contributed by atoms with E-state index in [0.717, 1.165) is 13.3 Å². The summed E-state index contributed by atoms with van der Waals surface area (Å²) in [4.78, 5) is 9.00. The average Bonchev–Trinajstić information content (AvgIpc) is 2.31. The lowest BCUT2D eigenvalue weighted by molar-refractivity contribution is -0.134. The lowest BCUT2D eigenvalue weighted by atomic mass is 10.1. The second-order valence-corrected chi connectivity index (χ2v) is 4.41. The smallest absolute Gasteiger partial charge is 0.300 e. The second-order valence-electron chi connectivity index (χ2n) is 4.41. The topological polar surface area (TPSA) is 57.5 Å². The summed E-state index contributed by atoms with van der Waals surface area (Å²) < 4.78 is 0. The summed E-state index contributed by atoms with van der Waals surface area (Å²) in [7, 11) is 0. The van der Waals surface area contributed by atoms with Crippen LogP contribution in [0.4, 0.5) is 0 Å². The maximum absolute atomic E-state index is 9.00. The van der Waals surface area contributed by atoms with Gasteiger partial charge < -0.3 is 10.2 Å². The Morgan fingerprint density at radius 3 is 1.89 bits per heavy atom. The summed E-state index contributed by atoms with van der Waals surface area (Å²) in [6.45, 7) is 3.67. The Morgan fingerprint density at radius 1 is 0.944 bits per heavy atom. The molecule has 0 aromatic heterocycles. The summed E-state index contributed by atoms with van der Waals surface area (Å²) in [5.41, 5.74) is 0. The van der Waals surface area contributed by atoms with Crippen LogP contribution in [0, 0.1) is 0 Å². The molecule has 3 nitrogen and oxygen atoms in total. The van der Waals surface area contributed by atoms with Crippen molar-refractivity contribution in [3.63, 3.8) is 0 Å². The van der Waals surface area contributed by atoms with Crippen molar-refractivity contribution in [3.05, 3.63) is 12.2 Å². The molecular weight excluding hydrogens is 228 g/mol. The Hall–Kier alpha value is -0.830. The van der Waals surface area contributed by atoms with Crippen molar-refractivity contribution < 1.29 is 15.0 Å². The van der Waals surface area contributed by atoms with Crippen molar-refractivity contribution in [2.75, 3.05) is 6.61 Å². The van der Waals surface area contributed by atoms with E-state index in [2.05, 4.69) is 19.1 Å². The van der Waals surface area contributed by atoms with Crippen molar-refractivity contribution in [2.45, 2.75) is 71.6 Å². The third kappa shape index (κ3) is 29.4. The first-order valence-corrected chi connectivity index (χ1v) is 7.10. The van der Waals surface area contributed by atoms with E-state index in [0.29, 0.717) is 6.61 Å². The molecule has 108 valence electrons. The molecule has 0 rings (SSSR count). The van der Waals surface area contributed by atoms with Crippen molar-refractivity contribution >= 4 is 5.97 Å². The molecule has 0 unspecified atom stereocenters. The van der Waals surface area contributed by atoms with Gasteiger partial charge in [0.25, 0.3) is 5.97 Å². The molecule has 18 heavy (non-hydrogen) atoms. The molecule has 0 saturated heterocycles. The fourth-order valence-corrected chi connectivity index (χ4v) is 1.46. The number of aliphatic carboxylic acids is 1. The lowest BCUT2D eigenvalue weighted by Gasteiger charge is -1.97. The van der Waals surface area contributed by atoms with Crippen LogP contribution in [-0.2, 0) is 4.79 Å². The van der Waals surface area contributed by atoms with Gasteiger partial charge in [0.05, 0.1) is 0 Å². The Bertz CT molecular complexity index is 184. The van der Waals surface area contributed by atoms with Crippen LogP contribution in [0.2, 0.25) is 0 Å². The quantitative estimate of drug-likeness (QED) is 0.457. The number of aliphatic hydroxyl groups excluding tert-OH is 1. The van der Waals surface area contributed by atoms with Crippen LogP contribution in [0.25, 0.3) is 0 Å². The summed E-state index contributed by atoms with van der Waals surface area (Å²) in [6, 6.07) is 0. The first kappa shape index (κ1) is 19.5. The molecule has 0 bridgehead atoms. The molecule has 0 aromatic carbocycles. The van der Waals surface area contributed by atoms with Gasteiger partial charge in [0.2, 0.25) is 0 Å². The Balaban J connectivity index is 0. The molecule has 2 N–H and O–H groups in total. The van der Waals surface area contributed by atoms with Gasteiger partial charge >= 0.3 is 0 Å². The zero-order valence-electron chi connectivity index (χ0n) is 12.0. The first-order chi connectivity index (χ1) is 8.65. The maximum Gasteiger partial charge on any atom is 0.300 e. The van der Waals surface area contributed by atoms with Crippen molar-refractivity contribution in [1.82, 2.24) is 0 Å². The third-order valence-electron chi connectivity index (χ3n) is 2.42. The molecule has 0 radical (unpaired) electrons.